The minimum Gasteiger partial charge on any atom is -0.378 e. The van der Waals surface area contributed by atoms with Crippen molar-refractivity contribution >= 4 is 43.0 Å². The Kier molecular flexibility index (Phi) is 4.85. The maximum absolute atomic E-state index is 11.8. The standard InChI is InChI=1S/C13H15BrN2O2S2/c1-9(12-6-7-13(14)19-12)16-10-4-3-5-11(8-10)20(17,18)15-2/h3-9,15-16H,1-2H3. The van der Waals surface area contributed by atoms with Gasteiger partial charge in [-0.3, -0.25) is 0 Å². The molecule has 0 bridgehead atoms. The van der Waals surface area contributed by atoms with Crippen molar-refractivity contribution in [3.8, 4) is 0 Å². The molecule has 1 unspecified atom stereocenters. The van der Waals surface area contributed by atoms with Crippen LogP contribution in [-0.4, -0.2) is 15.5 Å². The fourth-order valence-electron chi connectivity index (χ4n) is 1.75. The second kappa shape index (κ2) is 6.26. The molecule has 0 saturated heterocycles. The van der Waals surface area contributed by atoms with Crippen LogP contribution in [0.2, 0.25) is 0 Å². The van der Waals surface area contributed by atoms with Crippen molar-refractivity contribution in [2.45, 2.75) is 17.9 Å². The molecule has 2 rings (SSSR count). The van der Waals surface area contributed by atoms with Crippen LogP contribution in [0.15, 0.2) is 45.1 Å². The van der Waals surface area contributed by atoms with Crippen LogP contribution in [0.4, 0.5) is 5.69 Å². The van der Waals surface area contributed by atoms with Gasteiger partial charge in [0.05, 0.1) is 14.7 Å². The van der Waals surface area contributed by atoms with Gasteiger partial charge < -0.3 is 5.32 Å². The maximum Gasteiger partial charge on any atom is 0.240 e. The van der Waals surface area contributed by atoms with Gasteiger partial charge in [-0.1, -0.05) is 6.07 Å². The molecule has 20 heavy (non-hydrogen) atoms. The highest BCUT2D eigenvalue weighted by molar-refractivity contribution is 9.11. The highest BCUT2D eigenvalue weighted by Gasteiger charge is 2.13. The molecular weight excluding hydrogens is 360 g/mol. The van der Waals surface area contributed by atoms with Crippen LogP contribution in [0, 0.1) is 0 Å². The minimum absolute atomic E-state index is 0.110. The van der Waals surface area contributed by atoms with E-state index in [1.165, 1.54) is 11.9 Å². The lowest BCUT2D eigenvalue weighted by Crippen LogP contribution is -2.18. The average Bonchev–Trinajstić information content (AvgIpc) is 2.86. The lowest BCUT2D eigenvalue weighted by atomic mass is 10.2. The maximum atomic E-state index is 11.8. The van der Waals surface area contributed by atoms with E-state index in [0.29, 0.717) is 0 Å². The van der Waals surface area contributed by atoms with Gasteiger partial charge >= 0.3 is 0 Å². The summed E-state index contributed by atoms with van der Waals surface area (Å²) in [6.45, 7) is 2.04. The third-order valence-corrected chi connectivity index (χ3v) is 6.04. The van der Waals surface area contributed by atoms with E-state index in [1.807, 2.05) is 25.1 Å². The molecule has 2 aromatic rings. The zero-order chi connectivity index (χ0) is 14.8. The normalized spacial score (nSPS) is 13.2. The summed E-state index contributed by atoms with van der Waals surface area (Å²) in [5.41, 5.74) is 0.776. The zero-order valence-corrected chi connectivity index (χ0v) is 14.3. The molecular formula is C13H15BrN2O2S2. The summed E-state index contributed by atoms with van der Waals surface area (Å²) in [6, 6.07) is 10.9. The van der Waals surface area contributed by atoms with Crippen LogP contribution in [-0.2, 0) is 10.0 Å². The fraction of sp³-hybridized carbons (Fsp3) is 0.231. The van der Waals surface area contributed by atoms with Gasteiger partial charge in [0.1, 0.15) is 0 Å². The van der Waals surface area contributed by atoms with E-state index < -0.39 is 10.0 Å². The number of hydrogen-bond donors (Lipinski definition) is 2. The van der Waals surface area contributed by atoms with Crippen molar-refractivity contribution in [2.75, 3.05) is 12.4 Å². The summed E-state index contributed by atoms with van der Waals surface area (Å²) in [5.74, 6) is 0. The number of thiophene rings is 1. The molecule has 0 fully saturated rings. The molecule has 108 valence electrons. The highest BCUT2D eigenvalue weighted by Crippen LogP contribution is 2.29. The van der Waals surface area contributed by atoms with Gasteiger partial charge in [-0.05, 0) is 60.2 Å². The second-order valence-electron chi connectivity index (χ2n) is 4.24. The topological polar surface area (TPSA) is 58.2 Å². The van der Waals surface area contributed by atoms with Crippen molar-refractivity contribution in [1.82, 2.24) is 4.72 Å². The Balaban J connectivity index is 2.20. The van der Waals surface area contributed by atoms with E-state index in [9.17, 15) is 8.42 Å². The first kappa shape index (κ1) is 15.5. The Bertz CT molecular complexity index is 698. The summed E-state index contributed by atoms with van der Waals surface area (Å²) >= 11 is 5.09. The van der Waals surface area contributed by atoms with Crippen molar-refractivity contribution in [1.29, 1.82) is 0 Å². The van der Waals surface area contributed by atoms with Crippen molar-refractivity contribution in [3.05, 3.63) is 45.1 Å². The van der Waals surface area contributed by atoms with E-state index in [1.54, 1.807) is 29.5 Å². The molecule has 0 aliphatic heterocycles. The molecule has 0 saturated carbocycles. The number of anilines is 1. The van der Waals surface area contributed by atoms with Gasteiger partial charge in [-0.2, -0.15) is 0 Å². The molecule has 7 heteroatoms. The number of sulfonamides is 1. The van der Waals surface area contributed by atoms with Crippen LogP contribution >= 0.6 is 27.3 Å². The van der Waals surface area contributed by atoms with Crippen LogP contribution in [0.3, 0.4) is 0 Å². The largest absolute Gasteiger partial charge is 0.378 e. The Labute approximate surface area is 131 Å². The molecule has 2 N–H and O–H groups in total. The van der Waals surface area contributed by atoms with Gasteiger partial charge in [0, 0.05) is 10.6 Å². The summed E-state index contributed by atoms with van der Waals surface area (Å²) < 4.78 is 26.9. The monoisotopic (exact) mass is 374 g/mol. The van der Waals surface area contributed by atoms with E-state index in [0.717, 1.165) is 9.47 Å². The number of rotatable bonds is 5. The zero-order valence-electron chi connectivity index (χ0n) is 11.1. The smallest absolute Gasteiger partial charge is 0.240 e. The molecule has 0 aliphatic rings. The molecule has 1 heterocycles. The molecule has 1 aromatic heterocycles. The van der Waals surface area contributed by atoms with Crippen molar-refractivity contribution in [2.24, 2.45) is 0 Å². The molecule has 0 spiro atoms. The molecule has 0 amide bonds. The van der Waals surface area contributed by atoms with Crippen LogP contribution in [0.1, 0.15) is 17.8 Å². The lowest BCUT2D eigenvalue weighted by Gasteiger charge is -2.14. The van der Waals surface area contributed by atoms with Gasteiger partial charge in [-0.25, -0.2) is 13.1 Å². The molecule has 0 aliphatic carbocycles. The molecule has 4 nitrogen and oxygen atoms in total. The molecule has 0 radical (unpaired) electrons. The van der Waals surface area contributed by atoms with E-state index in [4.69, 9.17) is 0 Å². The highest BCUT2D eigenvalue weighted by atomic mass is 79.9. The number of nitrogens with one attached hydrogen (secondary N) is 2. The van der Waals surface area contributed by atoms with Gasteiger partial charge in [0.25, 0.3) is 0 Å². The third-order valence-electron chi connectivity index (χ3n) is 2.82. The van der Waals surface area contributed by atoms with Gasteiger partial charge in [0.15, 0.2) is 0 Å². The number of benzene rings is 1. The minimum atomic E-state index is -3.41. The SMILES string of the molecule is CNS(=O)(=O)c1cccc(NC(C)c2ccc(Br)s2)c1. The number of hydrogen-bond acceptors (Lipinski definition) is 4. The predicted molar refractivity (Wildman–Crippen MR) is 86.7 cm³/mol. The third kappa shape index (κ3) is 3.60. The summed E-state index contributed by atoms with van der Waals surface area (Å²) in [6.07, 6.45) is 0. The Morgan fingerprint density at radius 1 is 1.25 bits per heavy atom. The Morgan fingerprint density at radius 2 is 2.00 bits per heavy atom. The first-order valence-corrected chi connectivity index (χ1v) is 9.07. The van der Waals surface area contributed by atoms with Gasteiger partial charge in [0.2, 0.25) is 10.0 Å². The lowest BCUT2D eigenvalue weighted by molar-refractivity contribution is 0.588. The fourth-order valence-corrected chi connectivity index (χ4v) is 3.95. The summed E-state index contributed by atoms with van der Waals surface area (Å²) in [7, 11) is -2.01. The second-order valence-corrected chi connectivity index (χ2v) is 8.62. The number of halogens is 1. The van der Waals surface area contributed by atoms with Crippen molar-refractivity contribution < 1.29 is 8.42 Å². The average molecular weight is 375 g/mol. The van der Waals surface area contributed by atoms with Crippen molar-refractivity contribution in [3.63, 3.8) is 0 Å². The summed E-state index contributed by atoms with van der Waals surface area (Å²) in [4.78, 5) is 1.43. The molecule has 1 atom stereocenters. The molecule has 1 aromatic carbocycles. The van der Waals surface area contributed by atoms with E-state index >= 15 is 0 Å². The van der Waals surface area contributed by atoms with Gasteiger partial charge in [-0.15, -0.1) is 11.3 Å². The van der Waals surface area contributed by atoms with Crippen LogP contribution in [0.5, 0.6) is 0 Å². The van der Waals surface area contributed by atoms with Crippen LogP contribution in [0.25, 0.3) is 0 Å². The quantitative estimate of drug-likeness (QED) is 0.840. The predicted octanol–water partition coefficient (Wildman–Crippen LogP) is 3.59. The van der Waals surface area contributed by atoms with E-state index in [2.05, 4.69) is 26.0 Å². The Hall–Kier alpha value is -0.890. The summed E-state index contributed by atoms with van der Waals surface area (Å²) in [5, 5.41) is 3.31. The van der Waals surface area contributed by atoms with E-state index in [-0.39, 0.29) is 10.9 Å². The Morgan fingerprint density at radius 3 is 2.60 bits per heavy atom. The first-order chi connectivity index (χ1) is 9.42. The van der Waals surface area contributed by atoms with Crippen LogP contribution < -0.4 is 10.0 Å². The first-order valence-electron chi connectivity index (χ1n) is 5.98.